The molecule has 0 bridgehead atoms. The number of phenols is 1. The van der Waals surface area contributed by atoms with Gasteiger partial charge in [0, 0.05) is 21.1 Å². The second kappa shape index (κ2) is 5.69. The first-order valence-corrected chi connectivity index (χ1v) is 7.87. The summed E-state index contributed by atoms with van der Waals surface area (Å²) < 4.78 is 26.6. The van der Waals surface area contributed by atoms with Gasteiger partial charge in [-0.2, -0.15) is 0 Å². The zero-order valence-corrected chi connectivity index (χ0v) is 12.9. The van der Waals surface area contributed by atoms with Crippen molar-refractivity contribution >= 4 is 50.5 Å². The molecule has 2 aromatic rings. The van der Waals surface area contributed by atoms with E-state index in [1.54, 1.807) is 0 Å². The van der Waals surface area contributed by atoms with E-state index in [9.17, 15) is 13.5 Å². The summed E-state index contributed by atoms with van der Waals surface area (Å²) in [5.41, 5.74) is 0.00509. The van der Waals surface area contributed by atoms with Crippen molar-refractivity contribution in [3.63, 3.8) is 0 Å². The lowest BCUT2D eigenvalue weighted by atomic mass is 10.3. The number of sulfonamides is 1. The van der Waals surface area contributed by atoms with Crippen LogP contribution in [-0.4, -0.2) is 13.5 Å². The monoisotopic (exact) mass is 351 g/mol. The largest absolute Gasteiger partial charge is 0.506 e. The molecule has 4 nitrogen and oxygen atoms in total. The number of hydrogen-bond donors (Lipinski definition) is 2. The lowest BCUT2D eigenvalue weighted by Crippen LogP contribution is -2.13. The van der Waals surface area contributed by atoms with Crippen LogP contribution in [0.4, 0.5) is 5.69 Å². The van der Waals surface area contributed by atoms with E-state index in [4.69, 9.17) is 34.8 Å². The Kier molecular flexibility index (Phi) is 4.34. The maximum Gasteiger partial charge on any atom is 0.262 e. The molecule has 0 aliphatic rings. The summed E-state index contributed by atoms with van der Waals surface area (Å²) in [5, 5.41) is 10.3. The van der Waals surface area contributed by atoms with Crippen LogP contribution in [0.2, 0.25) is 15.1 Å². The van der Waals surface area contributed by atoms with Gasteiger partial charge in [0.25, 0.3) is 10.0 Å². The van der Waals surface area contributed by atoms with Crippen LogP contribution in [0.1, 0.15) is 0 Å². The average molecular weight is 353 g/mol. The number of nitrogens with one attached hydrogen (secondary N) is 1. The van der Waals surface area contributed by atoms with Gasteiger partial charge in [0.05, 0.1) is 10.6 Å². The Labute approximate surface area is 131 Å². The van der Waals surface area contributed by atoms with E-state index < -0.39 is 10.0 Å². The number of rotatable bonds is 3. The fourth-order valence-corrected chi connectivity index (χ4v) is 3.44. The predicted octanol–water partition coefficient (Wildman–Crippen LogP) is 4.15. The number of benzene rings is 2. The second-order valence-corrected chi connectivity index (χ2v) is 6.86. The normalized spacial score (nSPS) is 11.3. The Balaban J connectivity index is 2.40. The van der Waals surface area contributed by atoms with Gasteiger partial charge in [-0.05, 0) is 30.3 Å². The number of phenolic OH excluding ortho intramolecular Hbond substituents is 1. The molecule has 0 aliphatic heterocycles. The topological polar surface area (TPSA) is 66.4 Å². The quantitative estimate of drug-likeness (QED) is 0.815. The summed E-state index contributed by atoms with van der Waals surface area (Å²) in [6, 6.07) is 7.95. The van der Waals surface area contributed by atoms with E-state index in [-0.39, 0.29) is 31.4 Å². The van der Waals surface area contributed by atoms with Crippen LogP contribution in [0.25, 0.3) is 0 Å². The molecule has 2 N–H and O–H groups in total. The Morgan fingerprint density at radius 1 is 0.900 bits per heavy atom. The van der Waals surface area contributed by atoms with Crippen molar-refractivity contribution in [3.05, 3.63) is 51.5 Å². The molecule has 8 heteroatoms. The summed E-state index contributed by atoms with van der Waals surface area (Å²) in [5.74, 6) is -0.283. The minimum atomic E-state index is -3.92. The van der Waals surface area contributed by atoms with Gasteiger partial charge in [-0.1, -0.05) is 34.8 Å². The Hall–Kier alpha value is -1.14. The van der Waals surface area contributed by atoms with Crippen LogP contribution >= 0.6 is 34.8 Å². The molecule has 0 amide bonds. The standard InChI is InChI=1S/C12H8Cl3NO3S/c13-7-1-2-11(12(17)6-7)16-20(18,19)10-4-8(14)3-9(15)5-10/h1-6,16-17H. The highest BCUT2D eigenvalue weighted by Gasteiger charge is 2.17. The van der Waals surface area contributed by atoms with Gasteiger partial charge in [-0.15, -0.1) is 0 Å². The summed E-state index contributed by atoms with van der Waals surface area (Å²) in [6.07, 6.45) is 0. The Bertz CT molecular complexity index is 742. The predicted molar refractivity (Wildman–Crippen MR) is 80.4 cm³/mol. The van der Waals surface area contributed by atoms with E-state index in [1.807, 2.05) is 0 Å². The summed E-state index contributed by atoms with van der Waals surface area (Å²) in [4.78, 5) is -0.107. The highest BCUT2D eigenvalue weighted by molar-refractivity contribution is 7.92. The zero-order valence-electron chi connectivity index (χ0n) is 9.77. The number of aromatic hydroxyl groups is 1. The zero-order chi connectivity index (χ0) is 14.9. The molecule has 0 heterocycles. The van der Waals surface area contributed by atoms with E-state index in [0.717, 1.165) is 0 Å². The van der Waals surface area contributed by atoms with Crippen LogP contribution < -0.4 is 4.72 Å². The minimum Gasteiger partial charge on any atom is -0.506 e. The van der Waals surface area contributed by atoms with Crippen molar-refractivity contribution in [2.45, 2.75) is 4.90 Å². The van der Waals surface area contributed by atoms with E-state index in [1.165, 1.54) is 36.4 Å². The number of halogens is 3. The van der Waals surface area contributed by atoms with Crippen LogP contribution in [0.3, 0.4) is 0 Å². The third-order valence-electron chi connectivity index (χ3n) is 2.35. The van der Waals surface area contributed by atoms with Gasteiger partial charge >= 0.3 is 0 Å². The first kappa shape index (κ1) is 15.3. The molecule has 0 spiro atoms. The molecule has 0 aromatic heterocycles. The fraction of sp³-hybridized carbons (Fsp3) is 0. The molecule has 0 saturated carbocycles. The molecule has 0 unspecified atom stereocenters. The van der Waals surface area contributed by atoms with Crippen molar-refractivity contribution in [3.8, 4) is 5.75 Å². The summed E-state index contributed by atoms with van der Waals surface area (Å²) in [7, 11) is -3.92. The van der Waals surface area contributed by atoms with Crippen LogP contribution in [0.5, 0.6) is 5.75 Å². The van der Waals surface area contributed by atoms with Crippen LogP contribution in [0, 0.1) is 0 Å². The second-order valence-electron chi connectivity index (χ2n) is 3.87. The Morgan fingerprint density at radius 3 is 2.05 bits per heavy atom. The van der Waals surface area contributed by atoms with Gasteiger partial charge in [0.1, 0.15) is 5.75 Å². The molecular formula is C12H8Cl3NO3S. The highest BCUT2D eigenvalue weighted by atomic mass is 35.5. The molecule has 2 rings (SSSR count). The molecule has 0 aliphatic carbocycles. The van der Waals surface area contributed by atoms with Crippen molar-refractivity contribution in [1.82, 2.24) is 0 Å². The summed E-state index contributed by atoms with van der Waals surface area (Å²) >= 11 is 17.2. The molecular weight excluding hydrogens is 345 g/mol. The number of hydrogen-bond acceptors (Lipinski definition) is 3. The van der Waals surface area contributed by atoms with Crippen LogP contribution in [0.15, 0.2) is 41.3 Å². The molecule has 2 aromatic carbocycles. The highest BCUT2D eigenvalue weighted by Crippen LogP contribution is 2.30. The lowest BCUT2D eigenvalue weighted by Gasteiger charge is -2.10. The molecule has 0 fully saturated rings. The first-order chi connectivity index (χ1) is 9.28. The smallest absolute Gasteiger partial charge is 0.262 e. The molecule has 20 heavy (non-hydrogen) atoms. The van der Waals surface area contributed by atoms with Gasteiger partial charge in [0.2, 0.25) is 0 Å². The molecule has 0 saturated heterocycles. The van der Waals surface area contributed by atoms with Gasteiger partial charge in [-0.3, -0.25) is 4.72 Å². The lowest BCUT2D eigenvalue weighted by molar-refractivity contribution is 0.477. The van der Waals surface area contributed by atoms with Gasteiger partial charge in [-0.25, -0.2) is 8.42 Å². The minimum absolute atomic E-state index is 0.00509. The molecule has 0 atom stereocenters. The van der Waals surface area contributed by atoms with Crippen LogP contribution in [-0.2, 0) is 10.0 Å². The Morgan fingerprint density at radius 2 is 1.50 bits per heavy atom. The van der Waals surface area contributed by atoms with Crippen molar-refractivity contribution < 1.29 is 13.5 Å². The SMILES string of the molecule is O=S(=O)(Nc1ccc(Cl)cc1O)c1cc(Cl)cc(Cl)c1. The molecule has 0 radical (unpaired) electrons. The van der Waals surface area contributed by atoms with Gasteiger partial charge in [0.15, 0.2) is 0 Å². The maximum absolute atomic E-state index is 12.2. The van der Waals surface area contributed by atoms with E-state index in [2.05, 4.69) is 4.72 Å². The number of anilines is 1. The third kappa shape index (κ3) is 3.49. The maximum atomic E-state index is 12.2. The van der Waals surface area contributed by atoms with E-state index >= 15 is 0 Å². The average Bonchev–Trinajstić information content (AvgIpc) is 2.31. The van der Waals surface area contributed by atoms with Gasteiger partial charge < -0.3 is 5.11 Å². The van der Waals surface area contributed by atoms with E-state index in [0.29, 0.717) is 0 Å². The first-order valence-electron chi connectivity index (χ1n) is 5.25. The summed E-state index contributed by atoms with van der Waals surface area (Å²) in [6.45, 7) is 0. The van der Waals surface area contributed by atoms with Crippen molar-refractivity contribution in [1.29, 1.82) is 0 Å². The molecule has 106 valence electrons. The third-order valence-corrected chi connectivity index (χ3v) is 4.37. The van der Waals surface area contributed by atoms with Crippen molar-refractivity contribution in [2.75, 3.05) is 4.72 Å². The van der Waals surface area contributed by atoms with Crippen molar-refractivity contribution in [2.24, 2.45) is 0 Å². The fourth-order valence-electron chi connectivity index (χ4n) is 1.48.